The summed E-state index contributed by atoms with van der Waals surface area (Å²) in [5.41, 5.74) is 0.278. The number of alkyl carbamates (subject to hydrolysis) is 1. The normalized spacial score (nSPS) is 20.6. The average Bonchev–Trinajstić information content (AvgIpc) is 2.49. The highest BCUT2D eigenvalue weighted by Crippen LogP contribution is 2.30. The predicted octanol–water partition coefficient (Wildman–Crippen LogP) is 4.61. The van der Waals surface area contributed by atoms with E-state index in [-0.39, 0.29) is 23.9 Å². The third-order valence-electron chi connectivity index (χ3n) is 3.97. The number of ether oxygens (including phenoxy) is 1. The van der Waals surface area contributed by atoms with E-state index in [1.165, 1.54) is 12.1 Å². The first-order valence-electron chi connectivity index (χ1n) is 8.34. The van der Waals surface area contributed by atoms with Crippen LogP contribution in [0.3, 0.4) is 0 Å². The first-order valence-corrected chi connectivity index (χ1v) is 9.13. The number of hydrogen-bond donors (Lipinski definition) is 2. The van der Waals surface area contributed by atoms with Crippen molar-refractivity contribution in [3.05, 3.63) is 32.8 Å². The molecule has 138 valence electrons. The summed E-state index contributed by atoms with van der Waals surface area (Å²) in [6.07, 6.45) is 3.03. The zero-order valence-electron chi connectivity index (χ0n) is 14.7. The highest BCUT2D eigenvalue weighted by molar-refractivity contribution is 9.10. The van der Waals surface area contributed by atoms with Crippen LogP contribution in [0.4, 0.5) is 16.2 Å². The van der Waals surface area contributed by atoms with Crippen LogP contribution in [0.1, 0.15) is 46.5 Å². The molecule has 0 bridgehead atoms. The maximum Gasteiger partial charge on any atom is 0.407 e. The van der Waals surface area contributed by atoms with E-state index in [1.807, 2.05) is 20.8 Å². The maximum atomic E-state index is 11.8. The van der Waals surface area contributed by atoms with Crippen molar-refractivity contribution in [3.63, 3.8) is 0 Å². The van der Waals surface area contributed by atoms with Crippen molar-refractivity contribution in [2.75, 3.05) is 5.32 Å². The Bertz CT molecular complexity index is 637. The van der Waals surface area contributed by atoms with E-state index in [1.54, 1.807) is 6.07 Å². The molecule has 0 atom stereocenters. The molecule has 1 amide bonds. The molecule has 2 rings (SSSR count). The van der Waals surface area contributed by atoms with Crippen LogP contribution in [-0.4, -0.2) is 28.7 Å². The Morgan fingerprint density at radius 2 is 1.84 bits per heavy atom. The van der Waals surface area contributed by atoms with Crippen molar-refractivity contribution in [2.24, 2.45) is 0 Å². The number of nitrogens with one attached hydrogen (secondary N) is 2. The number of non-ortho nitro benzene ring substituents is 1. The quantitative estimate of drug-likeness (QED) is 0.555. The molecular weight excluding hydrogens is 390 g/mol. The summed E-state index contributed by atoms with van der Waals surface area (Å²) >= 11 is 3.42. The van der Waals surface area contributed by atoms with Crippen LogP contribution in [0.5, 0.6) is 0 Å². The zero-order valence-corrected chi connectivity index (χ0v) is 16.3. The van der Waals surface area contributed by atoms with Gasteiger partial charge in [-0.3, -0.25) is 10.1 Å². The lowest BCUT2D eigenvalue weighted by Gasteiger charge is -2.31. The SMILES string of the molecule is CC(C)(C)OC(=O)NC1CCC(Nc2cc([N+](=O)[O-])ccc2Br)CC1. The maximum absolute atomic E-state index is 11.8. The van der Waals surface area contributed by atoms with Crippen molar-refractivity contribution in [1.82, 2.24) is 5.32 Å². The van der Waals surface area contributed by atoms with Gasteiger partial charge >= 0.3 is 6.09 Å². The number of halogens is 1. The van der Waals surface area contributed by atoms with Crippen LogP contribution in [-0.2, 0) is 4.74 Å². The predicted molar refractivity (Wildman–Crippen MR) is 99.8 cm³/mol. The molecule has 0 saturated heterocycles. The molecule has 2 N–H and O–H groups in total. The van der Waals surface area contributed by atoms with Gasteiger partial charge in [0.25, 0.3) is 5.69 Å². The zero-order chi connectivity index (χ0) is 18.6. The molecular formula is C17H24BrN3O4. The largest absolute Gasteiger partial charge is 0.444 e. The topological polar surface area (TPSA) is 93.5 Å². The molecule has 0 aliphatic heterocycles. The molecule has 25 heavy (non-hydrogen) atoms. The minimum atomic E-state index is -0.503. The number of benzene rings is 1. The summed E-state index contributed by atoms with van der Waals surface area (Å²) in [6, 6.07) is 5.00. The molecule has 1 saturated carbocycles. The van der Waals surface area contributed by atoms with Gasteiger partial charge in [-0.05, 0) is 68.5 Å². The Morgan fingerprint density at radius 3 is 2.40 bits per heavy atom. The minimum absolute atomic E-state index is 0.0611. The third-order valence-corrected chi connectivity index (χ3v) is 4.66. The number of nitro groups is 1. The summed E-state index contributed by atoms with van der Waals surface area (Å²) in [5.74, 6) is 0. The number of amides is 1. The number of anilines is 1. The Hall–Kier alpha value is -1.83. The van der Waals surface area contributed by atoms with E-state index in [0.717, 1.165) is 35.8 Å². The first kappa shape index (κ1) is 19.5. The van der Waals surface area contributed by atoms with Gasteiger partial charge in [-0.2, -0.15) is 0 Å². The van der Waals surface area contributed by atoms with E-state index in [2.05, 4.69) is 26.6 Å². The number of carbonyl (C=O) groups is 1. The molecule has 1 fully saturated rings. The van der Waals surface area contributed by atoms with Gasteiger partial charge in [-0.15, -0.1) is 0 Å². The van der Waals surface area contributed by atoms with Gasteiger partial charge in [-0.25, -0.2) is 4.79 Å². The summed E-state index contributed by atoms with van der Waals surface area (Å²) < 4.78 is 6.08. The van der Waals surface area contributed by atoms with Crippen LogP contribution in [0.25, 0.3) is 0 Å². The molecule has 8 heteroatoms. The summed E-state index contributed by atoms with van der Waals surface area (Å²) in [7, 11) is 0. The first-order chi connectivity index (χ1) is 11.6. The molecule has 1 aliphatic rings. The number of carbonyl (C=O) groups excluding carboxylic acids is 1. The number of rotatable bonds is 4. The molecule has 0 heterocycles. The lowest BCUT2D eigenvalue weighted by atomic mass is 9.91. The van der Waals surface area contributed by atoms with Gasteiger partial charge in [0, 0.05) is 28.7 Å². The van der Waals surface area contributed by atoms with E-state index < -0.39 is 10.5 Å². The van der Waals surface area contributed by atoms with Gasteiger partial charge in [-0.1, -0.05) is 0 Å². The molecule has 0 spiro atoms. The highest BCUT2D eigenvalue weighted by Gasteiger charge is 2.25. The van der Waals surface area contributed by atoms with Gasteiger partial charge in [0.15, 0.2) is 0 Å². The van der Waals surface area contributed by atoms with Gasteiger partial charge in [0.1, 0.15) is 5.60 Å². The van der Waals surface area contributed by atoms with Crippen molar-refractivity contribution >= 4 is 33.4 Å². The molecule has 7 nitrogen and oxygen atoms in total. The van der Waals surface area contributed by atoms with Crippen LogP contribution in [0.2, 0.25) is 0 Å². The minimum Gasteiger partial charge on any atom is -0.444 e. The Balaban J connectivity index is 1.86. The van der Waals surface area contributed by atoms with Crippen LogP contribution < -0.4 is 10.6 Å². The fourth-order valence-electron chi connectivity index (χ4n) is 2.81. The van der Waals surface area contributed by atoms with Crippen molar-refractivity contribution in [1.29, 1.82) is 0 Å². The van der Waals surface area contributed by atoms with Crippen LogP contribution in [0.15, 0.2) is 22.7 Å². The van der Waals surface area contributed by atoms with Crippen LogP contribution >= 0.6 is 15.9 Å². The van der Waals surface area contributed by atoms with Crippen LogP contribution in [0, 0.1) is 10.1 Å². The second kappa shape index (κ2) is 8.03. The summed E-state index contributed by atoms with van der Waals surface area (Å²) in [4.78, 5) is 22.3. The summed E-state index contributed by atoms with van der Waals surface area (Å²) in [6.45, 7) is 5.51. The highest BCUT2D eigenvalue weighted by atomic mass is 79.9. The Labute approximate surface area is 155 Å². The van der Waals surface area contributed by atoms with Crippen molar-refractivity contribution in [2.45, 2.75) is 64.1 Å². The molecule has 1 aliphatic carbocycles. The fraction of sp³-hybridized carbons (Fsp3) is 0.588. The van der Waals surface area contributed by atoms with E-state index >= 15 is 0 Å². The van der Waals surface area contributed by atoms with Gasteiger partial charge < -0.3 is 15.4 Å². The van der Waals surface area contributed by atoms with Gasteiger partial charge in [0.2, 0.25) is 0 Å². The third kappa shape index (κ3) is 6.19. The standard InChI is InChI=1S/C17H24BrN3O4/c1-17(2,3)25-16(22)20-12-6-4-11(5-7-12)19-15-10-13(21(23)24)8-9-14(15)18/h8-12,19H,4-7H2,1-3H3,(H,20,22). The average molecular weight is 414 g/mol. The molecule has 0 unspecified atom stereocenters. The fourth-order valence-corrected chi connectivity index (χ4v) is 3.17. The van der Waals surface area contributed by atoms with Crippen molar-refractivity contribution < 1.29 is 14.5 Å². The molecule has 1 aromatic rings. The smallest absolute Gasteiger partial charge is 0.407 e. The van der Waals surface area contributed by atoms with Crippen molar-refractivity contribution in [3.8, 4) is 0 Å². The second-order valence-corrected chi connectivity index (χ2v) is 8.11. The monoisotopic (exact) mass is 413 g/mol. The molecule has 1 aromatic carbocycles. The second-order valence-electron chi connectivity index (χ2n) is 7.26. The van der Waals surface area contributed by atoms with E-state index in [0.29, 0.717) is 0 Å². The van der Waals surface area contributed by atoms with E-state index in [9.17, 15) is 14.9 Å². The summed E-state index contributed by atoms with van der Waals surface area (Å²) in [5, 5.41) is 17.2. The molecule has 0 radical (unpaired) electrons. The van der Waals surface area contributed by atoms with E-state index in [4.69, 9.17) is 4.74 Å². The Kier molecular flexibility index (Phi) is 6.26. The lowest BCUT2D eigenvalue weighted by Crippen LogP contribution is -2.42. The molecule has 0 aromatic heterocycles. The number of nitro benzene ring substituents is 1. The van der Waals surface area contributed by atoms with Gasteiger partial charge in [0.05, 0.1) is 10.6 Å². The lowest BCUT2D eigenvalue weighted by molar-refractivity contribution is -0.384. The Morgan fingerprint density at radius 1 is 1.24 bits per heavy atom. The number of hydrogen-bond acceptors (Lipinski definition) is 5. The number of nitrogens with zero attached hydrogens (tertiary/aromatic N) is 1.